The van der Waals surface area contributed by atoms with Crippen LogP contribution in [0.25, 0.3) is 0 Å². The van der Waals surface area contributed by atoms with Crippen molar-refractivity contribution in [3.05, 3.63) is 29.0 Å². The molecule has 0 bridgehead atoms. The molecule has 0 aromatic heterocycles. The number of para-hydroxylation sites is 1. The van der Waals surface area contributed by atoms with Gasteiger partial charge >= 0.3 is 11.9 Å². The van der Waals surface area contributed by atoms with Crippen molar-refractivity contribution >= 4 is 23.5 Å². The lowest BCUT2D eigenvalue weighted by atomic mass is 10.2. The van der Waals surface area contributed by atoms with Gasteiger partial charge < -0.3 is 14.2 Å². The van der Waals surface area contributed by atoms with Crippen molar-refractivity contribution in [1.82, 2.24) is 0 Å². The predicted molar refractivity (Wildman–Crippen MR) is 87.6 cm³/mol. The third-order valence-electron chi connectivity index (χ3n) is 3.09. The Morgan fingerprint density at radius 3 is 2.50 bits per heavy atom. The number of hydrogen-bond donors (Lipinski definition) is 0. The van der Waals surface area contributed by atoms with Crippen LogP contribution < -0.4 is 4.74 Å². The topological polar surface area (TPSA) is 61.8 Å². The van der Waals surface area contributed by atoms with Gasteiger partial charge in [0.25, 0.3) is 0 Å². The fourth-order valence-corrected chi connectivity index (χ4v) is 2.08. The maximum atomic E-state index is 13.4. The average molecular weight is 361 g/mol. The molecule has 0 spiro atoms. The van der Waals surface area contributed by atoms with Crippen LogP contribution in [0.3, 0.4) is 0 Å². The molecule has 0 fully saturated rings. The molecule has 0 N–H and O–H groups in total. The zero-order chi connectivity index (χ0) is 17.8. The molecule has 1 rings (SSSR count). The Kier molecular flexibility index (Phi) is 10.0. The van der Waals surface area contributed by atoms with E-state index >= 15 is 0 Å². The summed E-state index contributed by atoms with van der Waals surface area (Å²) in [5, 5.41) is -0.0224. The first-order valence-electron chi connectivity index (χ1n) is 7.92. The average Bonchev–Trinajstić information content (AvgIpc) is 2.54. The van der Waals surface area contributed by atoms with Crippen LogP contribution in [0, 0.1) is 5.82 Å². The minimum absolute atomic E-state index is 0.0224. The fraction of sp³-hybridized carbons (Fsp3) is 0.529. The maximum absolute atomic E-state index is 13.4. The van der Waals surface area contributed by atoms with Crippen LogP contribution >= 0.6 is 11.6 Å². The van der Waals surface area contributed by atoms with E-state index < -0.39 is 24.4 Å². The number of carbonyl (C=O) groups is 2. The molecule has 1 aromatic carbocycles. The fourth-order valence-electron chi connectivity index (χ4n) is 1.87. The Hall–Kier alpha value is -1.66. The van der Waals surface area contributed by atoms with E-state index in [1.54, 1.807) is 0 Å². The summed E-state index contributed by atoms with van der Waals surface area (Å²) in [4.78, 5) is 22.9. The lowest BCUT2D eigenvalue weighted by Crippen LogP contribution is -2.21. The molecule has 5 nitrogen and oxygen atoms in total. The zero-order valence-corrected chi connectivity index (χ0v) is 14.4. The van der Waals surface area contributed by atoms with Gasteiger partial charge in [0.2, 0.25) is 0 Å². The Labute approximate surface area is 146 Å². The summed E-state index contributed by atoms with van der Waals surface area (Å²) in [6.45, 7) is 1.59. The van der Waals surface area contributed by atoms with E-state index in [0.29, 0.717) is 6.61 Å². The van der Waals surface area contributed by atoms with E-state index in [4.69, 9.17) is 25.8 Å². The highest BCUT2D eigenvalue weighted by Crippen LogP contribution is 2.27. The number of unbranched alkanes of at least 4 members (excludes halogenated alkanes) is 4. The van der Waals surface area contributed by atoms with Crippen LogP contribution in [0.5, 0.6) is 5.75 Å². The smallest absolute Gasteiger partial charge is 0.337 e. The minimum atomic E-state index is -0.852. The number of benzene rings is 1. The second-order valence-electron chi connectivity index (χ2n) is 5.15. The molecule has 0 saturated carbocycles. The maximum Gasteiger partial charge on any atom is 0.337 e. The highest BCUT2D eigenvalue weighted by atomic mass is 35.5. The van der Waals surface area contributed by atoms with Crippen LogP contribution in [0.2, 0.25) is 5.02 Å². The molecule has 0 radical (unpaired) electrons. The largest absolute Gasteiger partial charge is 0.464 e. The van der Waals surface area contributed by atoms with Gasteiger partial charge in [-0.3, -0.25) is 0 Å². The van der Waals surface area contributed by atoms with Gasteiger partial charge in [-0.2, -0.15) is 0 Å². The molecule has 0 heterocycles. The number of carbonyl (C=O) groups excluding carboxylic acids is 2. The second kappa shape index (κ2) is 11.8. The molecule has 0 aliphatic carbocycles. The van der Waals surface area contributed by atoms with Gasteiger partial charge in [0, 0.05) is 0 Å². The highest BCUT2D eigenvalue weighted by molar-refractivity contribution is 6.32. The second-order valence-corrected chi connectivity index (χ2v) is 5.56. The molecule has 24 heavy (non-hydrogen) atoms. The number of hydrogen-bond acceptors (Lipinski definition) is 5. The minimum Gasteiger partial charge on any atom is -0.464 e. The molecule has 0 saturated heterocycles. The summed E-state index contributed by atoms with van der Waals surface area (Å²) in [5.41, 5.74) is 0. The predicted octanol–water partition coefficient (Wildman–Crippen LogP) is 3.91. The lowest BCUT2D eigenvalue weighted by Gasteiger charge is -2.08. The number of ether oxygens (including phenoxy) is 3. The molecular weight excluding hydrogens is 339 g/mol. The Balaban J connectivity index is 2.15. The summed E-state index contributed by atoms with van der Waals surface area (Å²) >= 11 is 5.73. The molecule has 0 aliphatic heterocycles. The van der Waals surface area contributed by atoms with Gasteiger partial charge in [0.05, 0.1) is 11.6 Å². The molecule has 0 amide bonds. The monoisotopic (exact) mass is 360 g/mol. The first-order chi connectivity index (χ1) is 11.5. The normalized spacial score (nSPS) is 10.5. The van der Waals surface area contributed by atoms with Crippen molar-refractivity contribution in [2.24, 2.45) is 0 Å². The van der Waals surface area contributed by atoms with E-state index in [2.05, 4.69) is 6.92 Å². The van der Waals surface area contributed by atoms with Crippen molar-refractivity contribution in [3.8, 4) is 5.75 Å². The van der Waals surface area contributed by atoms with Gasteiger partial charge in [-0.05, 0) is 18.6 Å². The van der Waals surface area contributed by atoms with Gasteiger partial charge in [0.1, 0.15) is 13.2 Å². The van der Waals surface area contributed by atoms with Crippen LogP contribution in [-0.4, -0.2) is 31.8 Å². The zero-order valence-electron chi connectivity index (χ0n) is 13.7. The first kappa shape index (κ1) is 20.4. The summed E-state index contributed by atoms with van der Waals surface area (Å²) in [6.07, 6.45) is 5.26. The number of rotatable bonds is 11. The SMILES string of the molecule is CCCCCCCOC(=O)COCC(=O)Oc1c(F)cccc1Cl. The lowest BCUT2D eigenvalue weighted by molar-refractivity contribution is -0.152. The number of halogens is 2. The van der Waals surface area contributed by atoms with Crippen molar-refractivity contribution in [1.29, 1.82) is 0 Å². The van der Waals surface area contributed by atoms with Crippen molar-refractivity contribution in [2.75, 3.05) is 19.8 Å². The van der Waals surface area contributed by atoms with E-state index in [0.717, 1.165) is 31.7 Å². The van der Waals surface area contributed by atoms with Crippen molar-refractivity contribution in [3.63, 3.8) is 0 Å². The third kappa shape index (κ3) is 8.26. The summed E-state index contributed by atoms with van der Waals surface area (Å²) in [7, 11) is 0. The Bertz CT molecular complexity index is 515. The van der Waals surface area contributed by atoms with Crippen LogP contribution in [0.15, 0.2) is 18.2 Å². The van der Waals surface area contributed by atoms with Crippen LogP contribution in [0.4, 0.5) is 4.39 Å². The van der Waals surface area contributed by atoms with Crippen LogP contribution in [-0.2, 0) is 19.1 Å². The van der Waals surface area contributed by atoms with Gasteiger partial charge in [-0.15, -0.1) is 0 Å². The van der Waals surface area contributed by atoms with Gasteiger partial charge in [-0.1, -0.05) is 50.3 Å². The molecular formula is C17H22ClFO5. The van der Waals surface area contributed by atoms with Gasteiger partial charge in [-0.25, -0.2) is 14.0 Å². The molecule has 7 heteroatoms. The highest BCUT2D eigenvalue weighted by Gasteiger charge is 2.14. The summed E-state index contributed by atoms with van der Waals surface area (Å²) in [6, 6.07) is 3.91. The molecule has 134 valence electrons. The Morgan fingerprint density at radius 1 is 1.08 bits per heavy atom. The quantitative estimate of drug-likeness (QED) is 0.340. The summed E-state index contributed by atoms with van der Waals surface area (Å²) in [5.74, 6) is -2.52. The van der Waals surface area contributed by atoms with Crippen molar-refractivity contribution < 1.29 is 28.2 Å². The van der Waals surface area contributed by atoms with E-state index in [-0.39, 0.29) is 17.4 Å². The summed E-state index contributed by atoms with van der Waals surface area (Å²) < 4.78 is 28.1. The van der Waals surface area contributed by atoms with Gasteiger partial charge in [0.15, 0.2) is 11.6 Å². The van der Waals surface area contributed by atoms with E-state index in [9.17, 15) is 14.0 Å². The molecule has 0 aliphatic rings. The molecule has 0 unspecified atom stereocenters. The van der Waals surface area contributed by atoms with E-state index in [1.165, 1.54) is 18.6 Å². The third-order valence-corrected chi connectivity index (χ3v) is 3.38. The van der Waals surface area contributed by atoms with Crippen molar-refractivity contribution in [2.45, 2.75) is 39.0 Å². The Morgan fingerprint density at radius 2 is 1.79 bits per heavy atom. The first-order valence-corrected chi connectivity index (χ1v) is 8.30. The molecule has 0 atom stereocenters. The van der Waals surface area contributed by atoms with Crippen LogP contribution in [0.1, 0.15) is 39.0 Å². The van der Waals surface area contributed by atoms with E-state index in [1.807, 2.05) is 0 Å². The number of esters is 2. The molecule has 1 aromatic rings. The standard InChI is InChI=1S/C17H22ClFO5/c1-2-3-4-5-6-10-23-15(20)11-22-12-16(21)24-17-13(18)8-7-9-14(17)19/h7-9H,2-6,10-12H2,1H3.